The molecule has 0 aliphatic carbocycles. The summed E-state index contributed by atoms with van der Waals surface area (Å²) >= 11 is 0. The lowest BCUT2D eigenvalue weighted by Crippen LogP contribution is -2.29. The molecule has 0 fully saturated rings. The smallest absolute Gasteiger partial charge is 0.309 e. The van der Waals surface area contributed by atoms with Crippen LogP contribution in [0.15, 0.2) is 24.3 Å². The topological polar surface area (TPSA) is 95.5 Å². The van der Waals surface area contributed by atoms with Crippen molar-refractivity contribution in [2.45, 2.75) is 26.7 Å². The van der Waals surface area contributed by atoms with Gasteiger partial charge in [-0.1, -0.05) is 12.1 Å². The van der Waals surface area contributed by atoms with Crippen LogP contribution in [0.2, 0.25) is 0 Å². The second-order valence-corrected chi connectivity index (χ2v) is 5.46. The zero-order chi connectivity index (χ0) is 16.0. The molecule has 0 aliphatic rings. The molecule has 1 aromatic rings. The Bertz CT molecular complexity index is 535. The van der Waals surface area contributed by atoms with Gasteiger partial charge in [0.1, 0.15) is 0 Å². The van der Waals surface area contributed by atoms with Crippen molar-refractivity contribution in [3.8, 4) is 0 Å². The van der Waals surface area contributed by atoms with Gasteiger partial charge in [0.25, 0.3) is 0 Å². The summed E-state index contributed by atoms with van der Waals surface area (Å²) in [6.45, 7) is 3.00. The first-order valence-corrected chi connectivity index (χ1v) is 6.57. The molecule has 21 heavy (non-hydrogen) atoms. The van der Waals surface area contributed by atoms with E-state index in [9.17, 15) is 14.4 Å². The summed E-state index contributed by atoms with van der Waals surface area (Å²) in [5.74, 6) is -1.46. The average Bonchev–Trinajstić information content (AvgIpc) is 2.40. The van der Waals surface area contributed by atoms with Crippen molar-refractivity contribution < 1.29 is 19.5 Å². The molecule has 0 heterocycles. The standard InChI is InChI=1S/C15H20N2O4/c1-15(2,14(20)21)9-13(19)17-11-6-4-10(5-7-11)8-12(18)16-3/h4-7H,8-9H2,1-3H3,(H,16,18)(H,17,19)(H,20,21). The van der Waals surface area contributed by atoms with E-state index < -0.39 is 11.4 Å². The molecule has 0 saturated carbocycles. The summed E-state index contributed by atoms with van der Waals surface area (Å²) in [5.41, 5.74) is 0.295. The van der Waals surface area contributed by atoms with Crippen LogP contribution in [0, 0.1) is 5.41 Å². The molecular formula is C15H20N2O4. The van der Waals surface area contributed by atoms with Crippen molar-refractivity contribution in [2.75, 3.05) is 12.4 Å². The molecule has 0 bridgehead atoms. The Kier molecular flexibility index (Phi) is 5.46. The molecule has 6 nitrogen and oxygen atoms in total. The van der Waals surface area contributed by atoms with Gasteiger partial charge in [-0.2, -0.15) is 0 Å². The van der Waals surface area contributed by atoms with E-state index in [0.717, 1.165) is 5.56 Å². The Hall–Kier alpha value is -2.37. The highest BCUT2D eigenvalue weighted by Gasteiger charge is 2.30. The summed E-state index contributed by atoms with van der Waals surface area (Å²) in [5, 5.41) is 14.2. The van der Waals surface area contributed by atoms with Gasteiger partial charge < -0.3 is 15.7 Å². The number of carbonyl (C=O) groups is 3. The maximum atomic E-state index is 11.8. The molecule has 6 heteroatoms. The van der Waals surface area contributed by atoms with Gasteiger partial charge in [0.2, 0.25) is 11.8 Å². The van der Waals surface area contributed by atoms with Gasteiger partial charge in [-0.3, -0.25) is 14.4 Å². The van der Waals surface area contributed by atoms with Crippen LogP contribution in [-0.2, 0) is 20.8 Å². The number of nitrogens with one attached hydrogen (secondary N) is 2. The van der Waals surface area contributed by atoms with E-state index in [1.54, 1.807) is 31.3 Å². The van der Waals surface area contributed by atoms with Gasteiger partial charge in [-0.25, -0.2) is 0 Å². The van der Waals surface area contributed by atoms with E-state index in [1.165, 1.54) is 13.8 Å². The number of amides is 2. The first-order valence-electron chi connectivity index (χ1n) is 6.57. The first kappa shape index (κ1) is 16.7. The molecule has 0 aliphatic heterocycles. The summed E-state index contributed by atoms with van der Waals surface area (Å²) in [4.78, 5) is 34.0. The van der Waals surface area contributed by atoms with E-state index in [1.807, 2.05) is 0 Å². The zero-order valence-electron chi connectivity index (χ0n) is 12.4. The lowest BCUT2D eigenvalue weighted by Gasteiger charge is -2.18. The molecule has 0 radical (unpaired) electrons. The van der Waals surface area contributed by atoms with E-state index in [2.05, 4.69) is 10.6 Å². The van der Waals surface area contributed by atoms with Crippen molar-refractivity contribution in [1.82, 2.24) is 5.32 Å². The second kappa shape index (κ2) is 6.88. The minimum Gasteiger partial charge on any atom is -0.481 e. The van der Waals surface area contributed by atoms with Gasteiger partial charge in [0.05, 0.1) is 11.8 Å². The molecule has 114 valence electrons. The van der Waals surface area contributed by atoms with E-state index in [4.69, 9.17) is 5.11 Å². The minimum atomic E-state index is -1.11. The number of benzene rings is 1. The number of hydrogen-bond acceptors (Lipinski definition) is 3. The average molecular weight is 292 g/mol. The second-order valence-electron chi connectivity index (χ2n) is 5.46. The number of rotatable bonds is 6. The summed E-state index contributed by atoms with van der Waals surface area (Å²) in [6, 6.07) is 6.86. The predicted molar refractivity (Wildman–Crippen MR) is 78.9 cm³/mol. The third kappa shape index (κ3) is 5.25. The number of carboxylic acid groups (broad SMARTS) is 1. The van der Waals surface area contributed by atoms with Crippen LogP contribution in [0.3, 0.4) is 0 Å². The molecule has 0 aromatic heterocycles. The molecule has 2 amide bonds. The van der Waals surface area contributed by atoms with Crippen molar-refractivity contribution in [1.29, 1.82) is 0 Å². The molecule has 1 rings (SSSR count). The van der Waals surface area contributed by atoms with Crippen molar-refractivity contribution in [3.05, 3.63) is 29.8 Å². The van der Waals surface area contributed by atoms with Gasteiger partial charge in [0.15, 0.2) is 0 Å². The summed E-state index contributed by atoms with van der Waals surface area (Å²) in [7, 11) is 1.57. The molecular weight excluding hydrogens is 272 g/mol. The lowest BCUT2D eigenvalue weighted by molar-refractivity contribution is -0.149. The van der Waals surface area contributed by atoms with Crippen LogP contribution in [-0.4, -0.2) is 29.9 Å². The Morgan fingerprint density at radius 2 is 1.67 bits per heavy atom. The number of anilines is 1. The summed E-state index contributed by atoms with van der Waals surface area (Å²) in [6.07, 6.45) is 0.166. The maximum Gasteiger partial charge on any atom is 0.309 e. The van der Waals surface area contributed by atoms with Crippen LogP contribution < -0.4 is 10.6 Å². The van der Waals surface area contributed by atoms with Crippen LogP contribution in [0.5, 0.6) is 0 Å². The van der Waals surface area contributed by atoms with Crippen molar-refractivity contribution in [3.63, 3.8) is 0 Å². The van der Waals surface area contributed by atoms with Crippen molar-refractivity contribution in [2.24, 2.45) is 5.41 Å². The monoisotopic (exact) mass is 292 g/mol. The molecule has 1 aromatic carbocycles. The molecule has 0 unspecified atom stereocenters. The molecule has 0 saturated heterocycles. The predicted octanol–water partition coefficient (Wildman–Crippen LogP) is 1.41. The van der Waals surface area contributed by atoms with E-state index >= 15 is 0 Å². The van der Waals surface area contributed by atoms with Gasteiger partial charge in [0, 0.05) is 19.2 Å². The Balaban J connectivity index is 2.61. The number of hydrogen-bond donors (Lipinski definition) is 3. The first-order chi connectivity index (χ1) is 9.74. The van der Waals surface area contributed by atoms with Crippen LogP contribution in [0.25, 0.3) is 0 Å². The Morgan fingerprint density at radius 3 is 2.14 bits per heavy atom. The van der Waals surface area contributed by atoms with E-state index in [0.29, 0.717) is 5.69 Å². The summed E-state index contributed by atoms with van der Waals surface area (Å²) < 4.78 is 0. The van der Waals surface area contributed by atoms with Crippen molar-refractivity contribution >= 4 is 23.5 Å². The third-order valence-electron chi connectivity index (χ3n) is 3.06. The maximum absolute atomic E-state index is 11.8. The zero-order valence-corrected chi connectivity index (χ0v) is 12.4. The minimum absolute atomic E-state index is 0.0880. The number of likely N-dealkylation sites (N-methyl/N-ethyl adjacent to an activating group) is 1. The fourth-order valence-electron chi connectivity index (χ4n) is 1.66. The number of aliphatic carboxylic acids is 1. The number of carboxylic acids is 1. The van der Waals surface area contributed by atoms with Gasteiger partial charge >= 0.3 is 5.97 Å². The normalized spacial score (nSPS) is 10.8. The highest BCUT2D eigenvalue weighted by molar-refractivity contribution is 5.94. The quantitative estimate of drug-likeness (QED) is 0.738. The lowest BCUT2D eigenvalue weighted by atomic mass is 9.89. The van der Waals surface area contributed by atoms with Crippen LogP contribution >= 0.6 is 0 Å². The van der Waals surface area contributed by atoms with Crippen LogP contribution in [0.1, 0.15) is 25.8 Å². The fraction of sp³-hybridized carbons (Fsp3) is 0.400. The van der Waals surface area contributed by atoms with Gasteiger partial charge in [-0.05, 0) is 31.5 Å². The SMILES string of the molecule is CNC(=O)Cc1ccc(NC(=O)CC(C)(C)C(=O)O)cc1. The molecule has 0 atom stereocenters. The third-order valence-corrected chi connectivity index (χ3v) is 3.06. The van der Waals surface area contributed by atoms with Gasteiger partial charge in [-0.15, -0.1) is 0 Å². The molecule has 0 spiro atoms. The fourth-order valence-corrected chi connectivity index (χ4v) is 1.66. The Labute approximate surface area is 123 Å². The van der Waals surface area contributed by atoms with E-state index in [-0.39, 0.29) is 24.7 Å². The largest absolute Gasteiger partial charge is 0.481 e. The van der Waals surface area contributed by atoms with Crippen LogP contribution in [0.4, 0.5) is 5.69 Å². The Morgan fingerprint density at radius 1 is 1.10 bits per heavy atom. The highest BCUT2D eigenvalue weighted by Crippen LogP contribution is 2.21. The number of carbonyl (C=O) groups excluding carboxylic acids is 2. The highest BCUT2D eigenvalue weighted by atomic mass is 16.4. The molecule has 3 N–H and O–H groups in total.